The van der Waals surface area contributed by atoms with Crippen molar-refractivity contribution in [3.05, 3.63) is 16.3 Å². The van der Waals surface area contributed by atoms with Crippen molar-refractivity contribution in [3.8, 4) is 0 Å². The van der Waals surface area contributed by atoms with Gasteiger partial charge in [0.15, 0.2) is 0 Å². The second-order valence-corrected chi connectivity index (χ2v) is 8.47. The lowest BCUT2D eigenvalue weighted by molar-refractivity contribution is 0.464. The van der Waals surface area contributed by atoms with Gasteiger partial charge in [0.2, 0.25) is 10.0 Å². The van der Waals surface area contributed by atoms with E-state index in [1.54, 1.807) is 15.8 Å². The van der Waals surface area contributed by atoms with Crippen molar-refractivity contribution in [2.75, 3.05) is 13.1 Å². The number of nitrogens with one attached hydrogen (secondary N) is 1. The van der Waals surface area contributed by atoms with Crippen molar-refractivity contribution in [1.82, 2.24) is 9.62 Å². The molecule has 6 heteroatoms. The molecule has 1 aromatic heterocycles. The third-order valence-electron chi connectivity index (χ3n) is 3.34. The molecule has 1 N–H and O–H groups in total. The highest BCUT2D eigenvalue weighted by Gasteiger charge is 2.31. The van der Waals surface area contributed by atoms with Crippen LogP contribution in [-0.2, 0) is 16.6 Å². The molecule has 0 amide bonds. The SMILES string of the molecule is CC1CCN(S(=O)(=O)c2csc(CNC(C)C)c2)C1. The van der Waals surface area contributed by atoms with Crippen LogP contribution in [0.5, 0.6) is 0 Å². The topological polar surface area (TPSA) is 49.4 Å². The van der Waals surface area contributed by atoms with E-state index < -0.39 is 10.0 Å². The Morgan fingerprint density at radius 3 is 2.84 bits per heavy atom. The Hall–Kier alpha value is -0.430. The summed E-state index contributed by atoms with van der Waals surface area (Å²) < 4.78 is 26.5. The molecule has 4 nitrogen and oxygen atoms in total. The van der Waals surface area contributed by atoms with E-state index in [1.165, 1.54) is 11.3 Å². The van der Waals surface area contributed by atoms with Crippen LogP contribution in [0.3, 0.4) is 0 Å². The summed E-state index contributed by atoms with van der Waals surface area (Å²) in [5, 5.41) is 5.06. The lowest BCUT2D eigenvalue weighted by Crippen LogP contribution is -2.28. The zero-order chi connectivity index (χ0) is 14.0. The van der Waals surface area contributed by atoms with Crippen molar-refractivity contribution in [2.45, 2.75) is 44.7 Å². The Bertz CT molecular complexity index is 523. The van der Waals surface area contributed by atoms with Crippen LogP contribution in [0, 0.1) is 5.92 Å². The largest absolute Gasteiger partial charge is 0.310 e. The van der Waals surface area contributed by atoms with Gasteiger partial charge in [0.05, 0.1) is 4.90 Å². The highest BCUT2D eigenvalue weighted by Crippen LogP contribution is 2.27. The first-order chi connectivity index (χ1) is 8.89. The molecule has 1 aliphatic rings. The van der Waals surface area contributed by atoms with Crippen LogP contribution in [0.15, 0.2) is 16.3 Å². The summed E-state index contributed by atoms with van der Waals surface area (Å²) in [6.45, 7) is 8.29. The normalized spacial score (nSPS) is 21.4. The number of thiophene rings is 1. The molecular formula is C13H22N2O2S2. The third-order valence-corrected chi connectivity index (χ3v) is 6.27. The van der Waals surface area contributed by atoms with Crippen molar-refractivity contribution in [3.63, 3.8) is 0 Å². The van der Waals surface area contributed by atoms with Gasteiger partial charge in [0, 0.05) is 35.9 Å². The highest BCUT2D eigenvalue weighted by atomic mass is 32.2. The average Bonchev–Trinajstić information content (AvgIpc) is 2.95. The smallest absolute Gasteiger partial charge is 0.243 e. The minimum Gasteiger partial charge on any atom is -0.310 e. The van der Waals surface area contributed by atoms with Crippen LogP contribution in [0.2, 0.25) is 0 Å². The van der Waals surface area contributed by atoms with Crippen molar-refractivity contribution in [1.29, 1.82) is 0 Å². The van der Waals surface area contributed by atoms with Gasteiger partial charge in [-0.1, -0.05) is 20.8 Å². The van der Waals surface area contributed by atoms with E-state index in [0.717, 1.165) is 17.8 Å². The maximum absolute atomic E-state index is 12.4. The Kier molecular flexibility index (Phi) is 4.66. The fourth-order valence-electron chi connectivity index (χ4n) is 2.16. The van der Waals surface area contributed by atoms with Gasteiger partial charge in [0.25, 0.3) is 0 Å². The van der Waals surface area contributed by atoms with Crippen LogP contribution in [-0.4, -0.2) is 31.9 Å². The summed E-state index contributed by atoms with van der Waals surface area (Å²) in [5.74, 6) is 0.468. The van der Waals surface area contributed by atoms with Crippen LogP contribution < -0.4 is 5.32 Å². The molecule has 1 aromatic rings. The Labute approximate surface area is 119 Å². The number of sulfonamides is 1. The molecule has 108 valence electrons. The van der Waals surface area contributed by atoms with Crippen LogP contribution in [0.1, 0.15) is 32.1 Å². The van der Waals surface area contributed by atoms with Gasteiger partial charge < -0.3 is 5.32 Å². The molecule has 0 aliphatic carbocycles. The summed E-state index contributed by atoms with van der Waals surface area (Å²) in [4.78, 5) is 1.52. The first kappa shape index (κ1) is 15.0. The predicted molar refractivity (Wildman–Crippen MR) is 78.8 cm³/mol. The average molecular weight is 302 g/mol. The van der Waals surface area contributed by atoms with Gasteiger partial charge >= 0.3 is 0 Å². The van der Waals surface area contributed by atoms with Crippen molar-refractivity contribution >= 4 is 21.4 Å². The van der Waals surface area contributed by atoms with E-state index in [2.05, 4.69) is 26.1 Å². The van der Waals surface area contributed by atoms with Crippen LogP contribution in [0.4, 0.5) is 0 Å². The van der Waals surface area contributed by atoms with Gasteiger partial charge in [-0.15, -0.1) is 11.3 Å². The summed E-state index contributed by atoms with van der Waals surface area (Å²) in [7, 11) is -3.27. The van der Waals surface area contributed by atoms with Gasteiger partial charge in [-0.2, -0.15) is 4.31 Å². The molecule has 0 saturated carbocycles. The summed E-state index contributed by atoms with van der Waals surface area (Å²) in [6.07, 6.45) is 0.963. The number of rotatable bonds is 5. The molecule has 0 aromatic carbocycles. The Balaban J connectivity index is 2.09. The molecule has 1 aliphatic heterocycles. The van der Waals surface area contributed by atoms with Crippen LogP contribution >= 0.6 is 11.3 Å². The fraction of sp³-hybridized carbons (Fsp3) is 0.692. The standard InChI is InChI=1S/C13H22N2O2S2/c1-10(2)14-7-12-6-13(9-18-12)19(16,17)15-5-4-11(3)8-15/h6,9-11,14H,4-5,7-8H2,1-3H3. The van der Waals surface area contributed by atoms with E-state index in [4.69, 9.17) is 0 Å². The van der Waals surface area contributed by atoms with E-state index in [-0.39, 0.29) is 0 Å². The maximum Gasteiger partial charge on any atom is 0.243 e. The van der Waals surface area contributed by atoms with E-state index in [9.17, 15) is 8.42 Å². The third kappa shape index (κ3) is 3.56. The van der Waals surface area contributed by atoms with Crippen molar-refractivity contribution < 1.29 is 8.42 Å². The zero-order valence-corrected chi connectivity index (χ0v) is 13.4. The van der Waals surface area contributed by atoms with Gasteiger partial charge in [-0.25, -0.2) is 8.42 Å². The quantitative estimate of drug-likeness (QED) is 0.908. The number of hydrogen-bond donors (Lipinski definition) is 1. The molecule has 19 heavy (non-hydrogen) atoms. The van der Waals surface area contributed by atoms with E-state index >= 15 is 0 Å². The highest BCUT2D eigenvalue weighted by molar-refractivity contribution is 7.89. The summed E-state index contributed by atoms with van der Waals surface area (Å²) in [5.41, 5.74) is 0. The number of hydrogen-bond acceptors (Lipinski definition) is 4. The second-order valence-electron chi connectivity index (χ2n) is 5.54. The first-order valence-corrected chi connectivity index (χ1v) is 9.02. The molecule has 0 spiro atoms. The lowest BCUT2D eigenvalue weighted by Gasteiger charge is -2.14. The minimum absolute atomic E-state index is 0.404. The minimum atomic E-state index is -3.27. The van der Waals surface area contributed by atoms with Crippen LogP contribution in [0.25, 0.3) is 0 Å². The zero-order valence-electron chi connectivity index (χ0n) is 11.7. The molecule has 2 rings (SSSR count). The molecule has 2 heterocycles. The molecule has 0 bridgehead atoms. The van der Waals surface area contributed by atoms with E-state index in [1.807, 2.05) is 0 Å². The molecule has 1 saturated heterocycles. The first-order valence-electron chi connectivity index (χ1n) is 6.70. The Morgan fingerprint density at radius 2 is 2.26 bits per heavy atom. The van der Waals surface area contributed by atoms with Gasteiger partial charge in [-0.3, -0.25) is 0 Å². The lowest BCUT2D eigenvalue weighted by atomic mass is 10.2. The van der Waals surface area contributed by atoms with E-state index in [0.29, 0.717) is 29.9 Å². The van der Waals surface area contributed by atoms with Gasteiger partial charge in [-0.05, 0) is 18.4 Å². The molecule has 1 atom stereocenters. The Morgan fingerprint density at radius 1 is 1.53 bits per heavy atom. The predicted octanol–water partition coefficient (Wildman–Crippen LogP) is 2.28. The molecule has 1 unspecified atom stereocenters. The molecule has 1 fully saturated rings. The fourth-order valence-corrected chi connectivity index (χ4v) is 4.94. The second kappa shape index (κ2) is 5.91. The molecule has 0 radical (unpaired) electrons. The van der Waals surface area contributed by atoms with Crippen molar-refractivity contribution in [2.24, 2.45) is 5.92 Å². The molecular weight excluding hydrogens is 280 g/mol. The maximum atomic E-state index is 12.4. The monoisotopic (exact) mass is 302 g/mol. The number of nitrogens with zero attached hydrogens (tertiary/aromatic N) is 1. The van der Waals surface area contributed by atoms with Gasteiger partial charge in [0.1, 0.15) is 0 Å². The summed E-state index contributed by atoms with van der Waals surface area (Å²) >= 11 is 1.51. The summed E-state index contributed by atoms with van der Waals surface area (Å²) in [6, 6.07) is 2.21.